The van der Waals surface area contributed by atoms with Gasteiger partial charge in [0.15, 0.2) is 12.1 Å². The minimum absolute atomic E-state index is 0.0305. The number of thioether (sulfide) groups is 1. The first-order valence-electron chi connectivity index (χ1n) is 23.7. The highest BCUT2D eigenvalue weighted by Crippen LogP contribution is 2.48. The van der Waals surface area contributed by atoms with E-state index in [0.717, 1.165) is 63.2 Å². The normalized spacial score (nSPS) is 17.3. The molecule has 336 valence electrons. The van der Waals surface area contributed by atoms with E-state index in [-0.39, 0.29) is 30.6 Å². The maximum absolute atomic E-state index is 12.8. The molecule has 0 bridgehead atoms. The lowest BCUT2D eigenvalue weighted by molar-refractivity contribution is -0.255. The highest BCUT2D eigenvalue weighted by Gasteiger charge is 2.42. The lowest BCUT2D eigenvalue weighted by atomic mass is 9.84. The Hall–Kier alpha value is -4.99. The average molecular weight is 879 g/mol. The number of benzene rings is 5. The zero-order valence-corrected chi connectivity index (χ0v) is 38.4. The lowest BCUT2D eigenvalue weighted by Crippen LogP contribution is -2.38. The van der Waals surface area contributed by atoms with Crippen LogP contribution in [-0.4, -0.2) is 27.9 Å². The van der Waals surface area contributed by atoms with Crippen molar-refractivity contribution in [2.45, 2.75) is 140 Å². The largest absolute Gasteiger partial charge is 0.431 e. The number of amides is 1. The summed E-state index contributed by atoms with van der Waals surface area (Å²) in [5.74, 6) is 1.23. The quantitative estimate of drug-likeness (QED) is 0.0437. The van der Waals surface area contributed by atoms with Crippen LogP contribution >= 0.6 is 11.8 Å². The van der Waals surface area contributed by atoms with Crippen molar-refractivity contribution in [3.05, 3.63) is 167 Å². The molecule has 0 radical (unpaired) electrons. The summed E-state index contributed by atoms with van der Waals surface area (Å²) in [5.41, 5.74) is 7.64. The molecule has 1 aromatic heterocycles. The Balaban J connectivity index is 0.999. The van der Waals surface area contributed by atoms with Gasteiger partial charge in [-0.1, -0.05) is 235 Å². The first kappa shape index (κ1) is 47.0. The van der Waals surface area contributed by atoms with E-state index in [0.29, 0.717) is 23.9 Å². The van der Waals surface area contributed by atoms with Gasteiger partial charge < -0.3 is 24.3 Å². The Morgan fingerprint density at radius 3 is 1.77 bits per heavy atom. The summed E-state index contributed by atoms with van der Waals surface area (Å²) >= 11 is 1.55. The molecule has 6 aromatic rings. The molecule has 0 aliphatic carbocycles. The van der Waals surface area contributed by atoms with Crippen molar-refractivity contribution in [3.8, 4) is 22.6 Å². The average Bonchev–Trinajstić information content (AvgIpc) is 3.79. The van der Waals surface area contributed by atoms with Crippen LogP contribution in [0, 0.1) is 0 Å². The molecule has 1 saturated heterocycles. The van der Waals surface area contributed by atoms with Crippen LogP contribution in [0.1, 0.15) is 143 Å². The third-order valence-corrected chi connectivity index (χ3v) is 13.2. The number of carbonyl (C=O) groups is 1. The van der Waals surface area contributed by atoms with Crippen LogP contribution in [0.2, 0.25) is 0 Å². The van der Waals surface area contributed by atoms with Gasteiger partial charge in [-0.05, 0) is 28.7 Å². The van der Waals surface area contributed by atoms with Gasteiger partial charge in [0.2, 0.25) is 5.91 Å². The van der Waals surface area contributed by atoms with E-state index in [9.17, 15) is 9.90 Å². The van der Waals surface area contributed by atoms with Crippen LogP contribution in [0.15, 0.2) is 149 Å². The monoisotopic (exact) mass is 878 g/mol. The number of nitrogens with zero attached hydrogens (tertiary/aromatic N) is 1. The minimum atomic E-state index is -0.656. The minimum Gasteiger partial charge on any atom is -0.431 e. The summed E-state index contributed by atoms with van der Waals surface area (Å²) in [4.78, 5) is 17.8. The highest BCUT2D eigenvalue weighted by atomic mass is 32.2. The molecule has 2 N–H and O–H groups in total. The Labute approximate surface area is 385 Å². The first-order chi connectivity index (χ1) is 31.6. The number of aliphatic hydroxyl groups excluding tert-OH is 1. The van der Waals surface area contributed by atoms with Gasteiger partial charge in [0.1, 0.15) is 5.69 Å². The molecular formula is C56H66N2O5S. The molecule has 64 heavy (non-hydrogen) atoms. The maximum Gasteiger partial charge on any atom is 0.256 e. The molecule has 8 heteroatoms. The summed E-state index contributed by atoms with van der Waals surface area (Å²) in [6.45, 7) is 2.72. The van der Waals surface area contributed by atoms with E-state index >= 15 is 0 Å². The van der Waals surface area contributed by atoms with Gasteiger partial charge in [0, 0.05) is 41.3 Å². The van der Waals surface area contributed by atoms with Crippen molar-refractivity contribution in [2.24, 2.45) is 0 Å². The number of unbranched alkanes of at least 4 members (excludes halogenated alkanes) is 12. The molecule has 7 nitrogen and oxygen atoms in total. The number of aliphatic hydroxyl groups is 1. The van der Waals surface area contributed by atoms with Crippen molar-refractivity contribution in [3.63, 3.8) is 0 Å². The van der Waals surface area contributed by atoms with Crippen LogP contribution in [0.4, 0.5) is 0 Å². The summed E-state index contributed by atoms with van der Waals surface area (Å²) in [7, 11) is 0. The van der Waals surface area contributed by atoms with Crippen molar-refractivity contribution in [2.75, 3.05) is 5.75 Å². The summed E-state index contributed by atoms with van der Waals surface area (Å²) in [5, 5.41) is 13.6. The number of hydrogen-bond acceptors (Lipinski definition) is 7. The van der Waals surface area contributed by atoms with E-state index in [1.807, 2.05) is 78.9 Å². The molecule has 1 aliphatic heterocycles. The third-order valence-electron chi connectivity index (χ3n) is 12.3. The fourth-order valence-corrected chi connectivity index (χ4v) is 9.52. The van der Waals surface area contributed by atoms with Crippen molar-refractivity contribution in [1.29, 1.82) is 0 Å². The summed E-state index contributed by atoms with van der Waals surface area (Å²) in [6.07, 6.45) is 16.1. The number of aromatic nitrogens is 1. The highest BCUT2D eigenvalue weighted by molar-refractivity contribution is 7.99. The van der Waals surface area contributed by atoms with E-state index < -0.39 is 6.29 Å². The third kappa shape index (κ3) is 13.8. The second kappa shape index (κ2) is 25.5. The molecule has 0 spiro atoms. The van der Waals surface area contributed by atoms with E-state index in [1.165, 1.54) is 70.6 Å². The fourth-order valence-electron chi connectivity index (χ4n) is 8.63. The number of nitrogens with one attached hydrogen (secondary N) is 1. The number of hydrogen-bond donors (Lipinski definition) is 2. The zero-order chi connectivity index (χ0) is 44.2. The van der Waals surface area contributed by atoms with Gasteiger partial charge in [-0.25, -0.2) is 4.98 Å². The number of rotatable bonds is 25. The molecule has 7 rings (SSSR count). The van der Waals surface area contributed by atoms with Gasteiger partial charge in [0.05, 0.1) is 18.8 Å². The molecular weight excluding hydrogens is 813 g/mol. The Morgan fingerprint density at radius 1 is 0.609 bits per heavy atom. The SMILES string of the molecule is CCCCCCCCCCCCCCCC(=O)NCc1ccc(C2O[C@H](CSc3nc(-c4ccccc4)c(-c4ccccc4)o3)[C@@H](c3ccccc3)[C@H](c3ccc(CO)cc3)O2)cc1. The first-order valence-corrected chi connectivity index (χ1v) is 24.7. The zero-order valence-electron chi connectivity index (χ0n) is 37.5. The Morgan fingerprint density at radius 2 is 1.16 bits per heavy atom. The molecule has 5 aromatic carbocycles. The molecule has 0 saturated carbocycles. The smallest absolute Gasteiger partial charge is 0.256 e. The predicted molar refractivity (Wildman–Crippen MR) is 260 cm³/mol. The Kier molecular flexibility index (Phi) is 18.7. The van der Waals surface area contributed by atoms with Crippen LogP contribution < -0.4 is 5.32 Å². The molecule has 1 aliphatic rings. The number of oxazole rings is 1. The van der Waals surface area contributed by atoms with Crippen molar-refractivity contribution in [1.82, 2.24) is 10.3 Å². The number of carbonyl (C=O) groups excluding carboxylic acids is 1. The summed E-state index contributed by atoms with van der Waals surface area (Å²) in [6, 6.07) is 46.9. The molecule has 4 atom stereocenters. The molecule has 1 fully saturated rings. The molecule has 2 heterocycles. The fraction of sp³-hybridized carbons (Fsp3) is 0.393. The predicted octanol–water partition coefficient (Wildman–Crippen LogP) is 14.3. The maximum atomic E-state index is 12.8. The second-order valence-corrected chi connectivity index (χ2v) is 18.1. The van der Waals surface area contributed by atoms with E-state index in [2.05, 4.69) is 72.9 Å². The topological polar surface area (TPSA) is 93.8 Å². The van der Waals surface area contributed by atoms with E-state index in [1.54, 1.807) is 11.8 Å². The van der Waals surface area contributed by atoms with Crippen LogP contribution in [0.3, 0.4) is 0 Å². The van der Waals surface area contributed by atoms with Gasteiger partial charge in [-0.3, -0.25) is 4.79 Å². The van der Waals surface area contributed by atoms with Gasteiger partial charge in [0.25, 0.3) is 5.22 Å². The van der Waals surface area contributed by atoms with Gasteiger partial charge in [-0.15, -0.1) is 0 Å². The van der Waals surface area contributed by atoms with Crippen molar-refractivity contribution >= 4 is 17.7 Å². The van der Waals surface area contributed by atoms with Gasteiger partial charge in [-0.2, -0.15) is 0 Å². The van der Waals surface area contributed by atoms with Crippen LogP contribution in [-0.2, 0) is 27.4 Å². The second-order valence-electron chi connectivity index (χ2n) is 17.1. The Bertz CT molecular complexity index is 2170. The lowest BCUT2D eigenvalue weighted by Gasteiger charge is -2.43. The van der Waals surface area contributed by atoms with Crippen LogP contribution in [0.25, 0.3) is 22.6 Å². The van der Waals surface area contributed by atoms with Crippen LogP contribution in [0.5, 0.6) is 0 Å². The van der Waals surface area contributed by atoms with Gasteiger partial charge >= 0.3 is 0 Å². The standard InChI is InChI=1S/C56H66N2O5S/c1-2-3-4-5-6-7-8-9-10-11-12-13-23-30-50(60)57-39-42-31-37-48(38-32-42)55-61-49(51(44-24-17-14-18-25-44)53(62-55)47-35-33-43(40-59)34-36-47)41-64-56-58-52(45-26-19-15-20-27-45)54(63-56)46-28-21-16-22-29-46/h14-22,24-29,31-38,49,51,53,55,59H,2-13,23,30,39-41H2,1H3,(H,57,60)/t49-,51-,53+,55?/m1/s1. The van der Waals surface area contributed by atoms with E-state index in [4.69, 9.17) is 18.9 Å². The van der Waals surface area contributed by atoms with Crippen molar-refractivity contribution < 1.29 is 23.8 Å². The summed E-state index contributed by atoms with van der Waals surface area (Å²) < 4.78 is 20.5. The molecule has 1 amide bonds. The number of ether oxygens (including phenoxy) is 2. The molecule has 1 unspecified atom stereocenters.